The zero-order valence-corrected chi connectivity index (χ0v) is 10.2. The number of benzene rings is 1. The van der Waals surface area contributed by atoms with Gasteiger partial charge in [0, 0.05) is 17.5 Å². The van der Waals surface area contributed by atoms with Gasteiger partial charge in [-0.1, -0.05) is 12.1 Å². The van der Waals surface area contributed by atoms with Gasteiger partial charge in [0.2, 0.25) is 0 Å². The van der Waals surface area contributed by atoms with Gasteiger partial charge in [-0.15, -0.1) is 11.8 Å². The van der Waals surface area contributed by atoms with E-state index < -0.39 is 0 Å². The van der Waals surface area contributed by atoms with Gasteiger partial charge in [0.15, 0.2) is 0 Å². The Morgan fingerprint density at radius 2 is 2.00 bits per heavy atom. The van der Waals surface area contributed by atoms with Crippen molar-refractivity contribution in [1.82, 2.24) is 5.32 Å². The zero-order valence-electron chi connectivity index (χ0n) is 9.36. The number of aliphatic hydroxyl groups is 1. The van der Waals surface area contributed by atoms with E-state index in [0.29, 0.717) is 6.04 Å². The smallest absolute Gasteiger partial charge is 0.0443 e. The van der Waals surface area contributed by atoms with Gasteiger partial charge in [-0.2, -0.15) is 0 Å². The molecule has 0 amide bonds. The normalized spacial score (nSPS) is 12.7. The highest BCUT2D eigenvalue weighted by Gasteiger charge is 2.03. The molecule has 2 N–H and O–H groups in total. The minimum absolute atomic E-state index is 0.255. The summed E-state index contributed by atoms with van der Waals surface area (Å²) in [5.74, 6) is 0. The predicted octanol–water partition coefficient (Wildman–Crippen LogP) is 2.44. The van der Waals surface area contributed by atoms with E-state index in [1.807, 2.05) is 0 Å². The van der Waals surface area contributed by atoms with E-state index in [9.17, 15) is 0 Å². The topological polar surface area (TPSA) is 32.3 Å². The summed E-state index contributed by atoms with van der Waals surface area (Å²) in [6.45, 7) is 3.26. The largest absolute Gasteiger partial charge is 0.396 e. The Bertz CT molecular complexity index is 273. The van der Waals surface area contributed by atoms with Crippen molar-refractivity contribution < 1.29 is 5.11 Å². The first-order valence-corrected chi connectivity index (χ1v) is 6.48. The van der Waals surface area contributed by atoms with E-state index in [1.165, 1.54) is 10.5 Å². The lowest BCUT2D eigenvalue weighted by atomic mass is 10.1. The highest BCUT2D eigenvalue weighted by Crippen LogP contribution is 2.18. The van der Waals surface area contributed by atoms with E-state index in [4.69, 9.17) is 5.11 Å². The van der Waals surface area contributed by atoms with Crippen molar-refractivity contribution in [3.8, 4) is 0 Å². The second-order valence-electron chi connectivity index (χ2n) is 3.53. The summed E-state index contributed by atoms with van der Waals surface area (Å²) in [4.78, 5) is 1.29. The van der Waals surface area contributed by atoms with E-state index >= 15 is 0 Å². The van der Waals surface area contributed by atoms with Crippen LogP contribution >= 0.6 is 11.8 Å². The molecule has 0 aromatic heterocycles. The van der Waals surface area contributed by atoms with Crippen LogP contribution in [0.2, 0.25) is 0 Å². The number of thioether (sulfide) groups is 1. The fourth-order valence-electron chi connectivity index (χ4n) is 1.41. The molecule has 0 radical (unpaired) electrons. The van der Waals surface area contributed by atoms with Crippen LogP contribution in [0.3, 0.4) is 0 Å². The molecule has 1 aromatic carbocycles. The molecule has 84 valence electrons. The van der Waals surface area contributed by atoms with E-state index in [-0.39, 0.29) is 6.61 Å². The van der Waals surface area contributed by atoms with E-state index in [2.05, 4.69) is 42.8 Å². The maximum Gasteiger partial charge on any atom is 0.0443 e. The maximum absolute atomic E-state index is 8.68. The molecule has 0 saturated carbocycles. The summed E-state index contributed by atoms with van der Waals surface area (Å²) < 4.78 is 0. The van der Waals surface area contributed by atoms with Crippen LogP contribution in [0.4, 0.5) is 0 Å². The number of rotatable bonds is 6. The third-order valence-electron chi connectivity index (χ3n) is 2.40. The van der Waals surface area contributed by atoms with Gasteiger partial charge in [-0.05, 0) is 43.8 Å². The van der Waals surface area contributed by atoms with Crippen LogP contribution in [0, 0.1) is 0 Å². The molecule has 0 bridgehead atoms. The van der Waals surface area contributed by atoms with Crippen LogP contribution in [0.1, 0.15) is 24.9 Å². The summed E-state index contributed by atoms with van der Waals surface area (Å²) in [6.07, 6.45) is 2.89. The Morgan fingerprint density at radius 1 is 1.33 bits per heavy atom. The molecule has 0 aliphatic rings. The van der Waals surface area contributed by atoms with Gasteiger partial charge in [-0.3, -0.25) is 0 Å². The number of hydrogen-bond acceptors (Lipinski definition) is 3. The molecule has 1 rings (SSSR count). The maximum atomic E-state index is 8.68. The van der Waals surface area contributed by atoms with Crippen molar-refractivity contribution in [1.29, 1.82) is 0 Å². The molecule has 15 heavy (non-hydrogen) atoms. The molecule has 1 atom stereocenters. The van der Waals surface area contributed by atoms with Gasteiger partial charge < -0.3 is 10.4 Å². The molecule has 0 heterocycles. The van der Waals surface area contributed by atoms with Crippen LogP contribution < -0.4 is 5.32 Å². The molecule has 1 aromatic rings. The van der Waals surface area contributed by atoms with Crippen molar-refractivity contribution in [2.24, 2.45) is 0 Å². The molecular formula is C12H19NOS. The Hall–Kier alpha value is -0.510. The van der Waals surface area contributed by atoms with Crippen molar-refractivity contribution in [2.45, 2.75) is 24.3 Å². The number of aliphatic hydroxyl groups excluding tert-OH is 1. The predicted molar refractivity (Wildman–Crippen MR) is 66.3 cm³/mol. The average molecular weight is 225 g/mol. The highest BCUT2D eigenvalue weighted by atomic mass is 32.2. The Balaban J connectivity index is 2.46. The summed E-state index contributed by atoms with van der Waals surface area (Å²) in [7, 11) is 0. The first-order chi connectivity index (χ1) is 7.27. The molecule has 0 aliphatic heterocycles. The van der Waals surface area contributed by atoms with Crippen LogP contribution in [-0.4, -0.2) is 24.5 Å². The first-order valence-electron chi connectivity index (χ1n) is 5.26. The lowest BCUT2D eigenvalue weighted by Gasteiger charge is -2.14. The van der Waals surface area contributed by atoms with Crippen LogP contribution in [0.5, 0.6) is 0 Å². The molecule has 0 unspecified atom stereocenters. The zero-order chi connectivity index (χ0) is 11.1. The molecular weight excluding hydrogens is 206 g/mol. The first kappa shape index (κ1) is 12.6. The standard InChI is InChI=1S/C12H19NOS/c1-10(13-8-3-9-14)11-4-6-12(15-2)7-5-11/h4-7,10,13-14H,3,8-9H2,1-2H3/t10-/m0/s1. The van der Waals surface area contributed by atoms with Gasteiger partial charge in [0.05, 0.1) is 0 Å². The third-order valence-corrected chi connectivity index (χ3v) is 3.14. The van der Waals surface area contributed by atoms with Crippen molar-refractivity contribution in [3.05, 3.63) is 29.8 Å². The number of nitrogens with one attached hydrogen (secondary N) is 1. The van der Waals surface area contributed by atoms with Crippen LogP contribution in [0.25, 0.3) is 0 Å². The van der Waals surface area contributed by atoms with Crippen molar-refractivity contribution in [2.75, 3.05) is 19.4 Å². The SMILES string of the molecule is CSc1ccc([C@H](C)NCCCO)cc1. The monoisotopic (exact) mass is 225 g/mol. The highest BCUT2D eigenvalue weighted by molar-refractivity contribution is 7.98. The van der Waals surface area contributed by atoms with Gasteiger partial charge in [0.1, 0.15) is 0 Å². The second-order valence-corrected chi connectivity index (χ2v) is 4.41. The average Bonchev–Trinajstić information content (AvgIpc) is 2.29. The lowest BCUT2D eigenvalue weighted by molar-refractivity contribution is 0.284. The molecule has 2 nitrogen and oxygen atoms in total. The summed E-state index contributed by atoms with van der Waals surface area (Å²) in [6, 6.07) is 8.95. The number of hydrogen-bond donors (Lipinski definition) is 2. The Morgan fingerprint density at radius 3 is 2.53 bits per heavy atom. The van der Waals surface area contributed by atoms with Crippen LogP contribution in [-0.2, 0) is 0 Å². The third kappa shape index (κ3) is 4.24. The van der Waals surface area contributed by atoms with Gasteiger partial charge in [-0.25, -0.2) is 0 Å². The minimum Gasteiger partial charge on any atom is -0.396 e. The van der Waals surface area contributed by atoms with Crippen LogP contribution in [0.15, 0.2) is 29.2 Å². The van der Waals surface area contributed by atoms with Gasteiger partial charge >= 0.3 is 0 Å². The molecule has 0 saturated heterocycles. The lowest BCUT2D eigenvalue weighted by Crippen LogP contribution is -2.20. The van der Waals surface area contributed by atoms with E-state index in [1.54, 1.807) is 11.8 Å². The molecule has 0 fully saturated rings. The fraction of sp³-hybridized carbons (Fsp3) is 0.500. The Labute approximate surface area is 96.1 Å². The minimum atomic E-state index is 0.255. The van der Waals surface area contributed by atoms with E-state index in [0.717, 1.165) is 13.0 Å². The second kappa shape index (κ2) is 6.88. The van der Waals surface area contributed by atoms with Crippen molar-refractivity contribution in [3.63, 3.8) is 0 Å². The Kier molecular flexibility index (Phi) is 5.76. The van der Waals surface area contributed by atoms with Crippen molar-refractivity contribution >= 4 is 11.8 Å². The molecule has 0 aliphatic carbocycles. The molecule has 0 spiro atoms. The quantitative estimate of drug-likeness (QED) is 0.576. The summed E-state index contributed by atoms with van der Waals surface area (Å²) >= 11 is 1.76. The summed E-state index contributed by atoms with van der Waals surface area (Å²) in [5.41, 5.74) is 1.30. The van der Waals surface area contributed by atoms with Gasteiger partial charge in [0.25, 0.3) is 0 Å². The summed E-state index contributed by atoms with van der Waals surface area (Å²) in [5, 5.41) is 12.0. The fourth-order valence-corrected chi connectivity index (χ4v) is 1.82. The molecule has 3 heteroatoms.